The first-order valence-corrected chi connectivity index (χ1v) is 6.81. The molecule has 2 atom stereocenters. The molecule has 21 heavy (non-hydrogen) atoms. The lowest BCUT2D eigenvalue weighted by atomic mass is 9.88. The molecule has 4 nitrogen and oxygen atoms in total. The van der Waals surface area contributed by atoms with Crippen LogP contribution in [-0.2, 0) is 9.47 Å². The van der Waals surface area contributed by atoms with Crippen molar-refractivity contribution in [2.75, 3.05) is 7.11 Å². The SMILES string of the molecule is C=C[C@H](OC(=O)OC)[C@@H](C)C(=O)c1c(C)cc(C)cc1C. The zero-order valence-electron chi connectivity index (χ0n) is 13.2. The van der Waals surface area contributed by atoms with Gasteiger partial charge in [0.25, 0.3) is 0 Å². The highest BCUT2D eigenvalue weighted by Gasteiger charge is 2.28. The average Bonchev–Trinajstić information content (AvgIpc) is 2.42. The molecule has 0 aliphatic rings. The van der Waals surface area contributed by atoms with E-state index in [-0.39, 0.29) is 5.78 Å². The molecule has 0 fully saturated rings. The summed E-state index contributed by atoms with van der Waals surface area (Å²) in [5, 5.41) is 0. The first-order chi connectivity index (χ1) is 9.81. The summed E-state index contributed by atoms with van der Waals surface area (Å²) in [5.74, 6) is -0.597. The third kappa shape index (κ3) is 3.94. The van der Waals surface area contributed by atoms with Gasteiger partial charge in [-0.05, 0) is 31.9 Å². The van der Waals surface area contributed by atoms with Crippen molar-refractivity contribution in [1.29, 1.82) is 0 Å². The van der Waals surface area contributed by atoms with Crippen molar-refractivity contribution in [1.82, 2.24) is 0 Å². The van der Waals surface area contributed by atoms with E-state index in [9.17, 15) is 9.59 Å². The molecule has 0 N–H and O–H groups in total. The van der Waals surface area contributed by atoms with Gasteiger partial charge in [0.05, 0.1) is 13.0 Å². The Bertz CT molecular complexity index is 537. The van der Waals surface area contributed by atoms with Gasteiger partial charge < -0.3 is 9.47 Å². The van der Waals surface area contributed by atoms with Gasteiger partial charge in [0, 0.05) is 5.56 Å². The molecule has 114 valence electrons. The van der Waals surface area contributed by atoms with E-state index in [1.807, 2.05) is 32.9 Å². The Morgan fingerprint density at radius 3 is 2.14 bits per heavy atom. The number of carbonyl (C=O) groups is 2. The Morgan fingerprint density at radius 1 is 1.19 bits per heavy atom. The first kappa shape index (κ1) is 17.0. The van der Waals surface area contributed by atoms with Crippen LogP contribution in [0.4, 0.5) is 4.79 Å². The van der Waals surface area contributed by atoms with Crippen LogP contribution in [0.5, 0.6) is 0 Å². The van der Waals surface area contributed by atoms with E-state index < -0.39 is 18.2 Å². The molecule has 0 aliphatic carbocycles. The number of ketones is 1. The highest BCUT2D eigenvalue weighted by Crippen LogP contribution is 2.23. The first-order valence-electron chi connectivity index (χ1n) is 6.81. The van der Waals surface area contributed by atoms with Gasteiger partial charge in [-0.3, -0.25) is 4.79 Å². The minimum Gasteiger partial charge on any atom is -0.438 e. The van der Waals surface area contributed by atoms with Crippen molar-refractivity contribution in [2.24, 2.45) is 5.92 Å². The number of carbonyl (C=O) groups excluding carboxylic acids is 2. The summed E-state index contributed by atoms with van der Waals surface area (Å²) < 4.78 is 9.52. The second-order valence-electron chi connectivity index (χ2n) is 5.20. The highest BCUT2D eigenvalue weighted by molar-refractivity contribution is 6.00. The van der Waals surface area contributed by atoms with Gasteiger partial charge >= 0.3 is 6.16 Å². The van der Waals surface area contributed by atoms with Crippen molar-refractivity contribution in [2.45, 2.75) is 33.8 Å². The maximum Gasteiger partial charge on any atom is 0.508 e. The summed E-state index contributed by atoms with van der Waals surface area (Å²) in [6, 6.07) is 3.94. The Balaban J connectivity index is 3.07. The van der Waals surface area contributed by atoms with Gasteiger partial charge in [0.15, 0.2) is 5.78 Å². The molecule has 0 spiro atoms. The van der Waals surface area contributed by atoms with Crippen LogP contribution in [0.15, 0.2) is 24.8 Å². The van der Waals surface area contributed by atoms with Crippen molar-refractivity contribution >= 4 is 11.9 Å². The Hall–Kier alpha value is -2.10. The van der Waals surface area contributed by atoms with Crippen molar-refractivity contribution in [3.05, 3.63) is 47.0 Å². The summed E-state index contributed by atoms with van der Waals surface area (Å²) in [7, 11) is 1.23. The van der Waals surface area contributed by atoms with Crippen molar-refractivity contribution in [3.63, 3.8) is 0 Å². The molecule has 0 amide bonds. The molecule has 0 saturated heterocycles. The quantitative estimate of drug-likeness (QED) is 0.470. The van der Waals surface area contributed by atoms with E-state index in [4.69, 9.17) is 4.74 Å². The molecule has 0 radical (unpaired) electrons. The molecule has 0 saturated carbocycles. The number of ether oxygens (including phenoxy) is 2. The lowest BCUT2D eigenvalue weighted by Crippen LogP contribution is -2.30. The molecular weight excluding hydrogens is 268 g/mol. The largest absolute Gasteiger partial charge is 0.508 e. The topological polar surface area (TPSA) is 52.6 Å². The summed E-state index contributed by atoms with van der Waals surface area (Å²) in [5.41, 5.74) is 3.63. The van der Waals surface area contributed by atoms with Crippen LogP contribution in [0.25, 0.3) is 0 Å². The molecule has 0 bridgehead atoms. The van der Waals surface area contributed by atoms with Gasteiger partial charge in [-0.1, -0.05) is 37.3 Å². The van der Waals surface area contributed by atoms with Crippen LogP contribution in [0.3, 0.4) is 0 Å². The molecule has 0 aromatic heterocycles. The predicted molar refractivity (Wildman–Crippen MR) is 81.6 cm³/mol. The monoisotopic (exact) mass is 290 g/mol. The highest BCUT2D eigenvalue weighted by atomic mass is 16.7. The number of hydrogen-bond acceptors (Lipinski definition) is 4. The number of aryl methyl sites for hydroxylation is 3. The van der Waals surface area contributed by atoms with Crippen LogP contribution in [0, 0.1) is 26.7 Å². The fourth-order valence-electron chi connectivity index (χ4n) is 2.46. The minimum absolute atomic E-state index is 0.0706. The molecule has 4 heteroatoms. The molecular formula is C17H22O4. The van der Waals surface area contributed by atoms with Gasteiger partial charge in [-0.2, -0.15) is 0 Å². The van der Waals surface area contributed by atoms with Crippen LogP contribution < -0.4 is 0 Å². The lowest BCUT2D eigenvalue weighted by molar-refractivity contribution is 0.0345. The lowest BCUT2D eigenvalue weighted by Gasteiger charge is -2.21. The van der Waals surface area contributed by atoms with E-state index in [0.717, 1.165) is 16.7 Å². The van der Waals surface area contributed by atoms with Crippen LogP contribution in [0.2, 0.25) is 0 Å². The van der Waals surface area contributed by atoms with Crippen LogP contribution >= 0.6 is 0 Å². The zero-order chi connectivity index (χ0) is 16.2. The number of hydrogen-bond donors (Lipinski definition) is 0. The van der Waals surface area contributed by atoms with Crippen LogP contribution in [0.1, 0.15) is 34.0 Å². The van der Waals surface area contributed by atoms with E-state index >= 15 is 0 Å². The third-order valence-electron chi connectivity index (χ3n) is 3.46. The second kappa shape index (κ2) is 7.07. The second-order valence-corrected chi connectivity index (χ2v) is 5.20. The summed E-state index contributed by atoms with van der Waals surface area (Å²) in [4.78, 5) is 23.9. The van der Waals surface area contributed by atoms with Crippen molar-refractivity contribution in [3.8, 4) is 0 Å². The fourth-order valence-corrected chi connectivity index (χ4v) is 2.46. The van der Waals surface area contributed by atoms with E-state index in [0.29, 0.717) is 5.56 Å². The Morgan fingerprint density at radius 2 is 1.71 bits per heavy atom. The maximum absolute atomic E-state index is 12.7. The van der Waals surface area contributed by atoms with Gasteiger partial charge in [0.1, 0.15) is 6.10 Å². The van der Waals surface area contributed by atoms with E-state index in [1.165, 1.54) is 13.2 Å². The number of Topliss-reactive ketones (excluding diaryl/α,β-unsaturated/α-hetero) is 1. The summed E-state index contributed by atoms with van der Waals surface area (Å²) >= 11 is 0. The summed E-state index contributed by atoms with van der Waals surface area (Å²) in [6.07, 6.45) is -0.0971. The molecule has 0 heterocycles. The van der Waals surface area contributed by atoms with E-state index in [1.54, 1.807) is 6.92 Å². The zero-order valence-corrected chi connectivity index (χ0v) is 13.2. The molecule has 0 unspecified atom stereocenters. The maximum atomic E-state index is 12.7. The van der Waals surface area contributed by atoms with Gasteiger partial charge in [-0.15, -0.1) is 0 Å². The Labute approximate surface area is 125 Å². The van der Waals surface area contributed by atoms with Gasteiger partial charge in [0.2, 0.25) is 0 Å². The molecule has 1 rings (SSSR count). The standard InChI is InChI=1S/C17H22O4/c1-7-14(21-17(19)20-6)13(5)16(18)15-11(3)8-10(2)9-12(15)4/h7-9,13-14H,1H2,2-6H3/t13-,14+/m1/s1. The number of rotatable bonds is 5. The molecule has 0 aliphatic heterocycles. The molecule has 1 aromatic carbocycles. The molecule has 1 aromatic rings. The average molecular weight is 290 g/mol. The Kier molecular flexibility index (Phi) is 5.70. The van der Waals surface area contributed by atoms with Crippen molar-refractivity contribution < 1.29 is 19.1 Å². The third-order valence-corrected chi connectivity index (χ3v) is 3.46. The minimum atomic E-state index is -0.822. The number of benzene rings is 1. The summed E-state index contributed by atoms with van der Waals surface area (Å²) in [6.45, 7) is 11.1. The fraction of sp³-hybridized carbons (Fsp3) is 0.412. The van der Waals surface area contributed by atoms with Gasteiger partial charge in [-0.25, -0.2) is 4.79 Å². The normalized spacial score (nSPS) is 13.2. The smallest absolute Gasteiger partial charge is 0.438 e. The van der Waals surface area contributed by atoms with E-state index in [2.05, 4.69) is 11.3 Å². The predicted octanol–water partition coefficient (Wildman–Crippen LogP) is 3.77. The van der Waals surface area contributed by atoms with Crippen LogP contribution in [-0.4, -0.2) is 25.2 Å². The number of methoxy groups -OCH3 is 1.